The Kier molecular flexibility index (Phi) is 15.2. The van der Waals surface area contributed by atoms with Crippen LogP contribution in [0.2, 0.25) is 17.1 Å². The third-order valence-electron chi connectivity index (χ3n) is 8.68. The van der Waals surface area contributed by atoms with Crippen molar-refractivity contribution >= 4 is 14.2 Å². The fourth-order valence-electron chi connectivity index (χ4n) is 5.19. The molecule has 0 spiro atoms. The molecule has 0 heterocycles. The summed E-state index contributed by atoms with van der Waals surface area (Å²) in [6, 6.07) is 4.20. The first kappa shape index (κ1) is 49.2. The molecule has 2 atom stereocenters. The highest BCUT2D eigenvalue weighted by atomic mass is 28.4. The Morgan fingerprint density at radius 1 is 0.704 bits per heavy atom. The minimum absolute atomic E-state index is 0.128. The Morgan fingerprint density at radius 2 is 1.13 bits per heavy atom. The van der Waals surface area contributed by atoms with Gasteiger partial charge in [-0.2, -0.15) is 74.6 Å². The van der Waals surface area contributed by atoms with E-state index in [0.717, 1.165) is 6.08 Å². The highest BCUT2D eigenvalue weighted by Gasteiger charge is 2.95. The van der Waals surface area contributed by atoms with Crippen molar-refractivity contribution < 1.29 is 98.9 Å². The first-order valence-electron chi connectivity index (χ1n) is 15.5. The molecule has 1 amide bonds. The lowest BCUT2D eigenvalue weighted by Crippen LogP contribution is -2.74. The van der Waals surface area contributed by atoms with E-state index in [9.17, 15) is 84.5 Å². The number of aliphatic hydroxyl groups is 1. The van der Waals surface area contributed by atoms with Crippen molar-refractivity contribution in [3.05, 3.63) is 42.0 Å². The number of hydrogen-bond acceptors (Lipinski definition) is 5. The van der Waals surface area contributed by atoms with Crippen LogP contribution in [0, 0.1) is 5.92 Å². The standard InChI is InChI=1S/C30H36F17NO5Si/c1-16(2)54(17(3)4,53-14-13-52-20-9-7-19(8-10-20)22(50)18(5)6-11-21(49)48-51)15-12-23(31,32)24(33,34)25(35,36)26(37,38)27(39,40)28(41,42)29(43,44)30(45,46)47/h6-11,16-18,22,50-51H,12-15H2,1-5H3,(H,48,49)/b11-6+/t18-,22-/m1/s1. The van der Waals surface area contributed by atoms with Gasteiger partial charge >= 0.3 is 47.6 Å². The molecule has 6 nitrogen and oxygen atoms in total. The number of hydroxylamine groups is 1. The van der Waals surface area contributed by atoms with Gasteiger partial charge in [0.1, 0.15) is 12.4 Å². The van der Waals surface area contributed by atoms with Crippen LogP contribution < -0.4 is 10.2 Å². The summed E-state index contributed by atoms with van der Waals surface area (Å²) in [7, 11) is -3.95. The molecule has 0 radical (unpaired) electrons. The molecule has 1 rings (SSSR count). The molecule has 1 aromatic carbocycles. The Hall–Kier alpha value is -2.86. The number of benzene rings is 1. The third kappa shape index (κ3) is 9.05. The Labute approximate surface area is 297 Å². The van der Waals surface area contributed by atoms with Gasteiger partial charge in [0.2, 0.25) is 0 Å². The van der Waals surface area contributed by atoms with Gasteiger partial charge in [-0.15, -0.1) is 0 Å². The molecule has 0 saturated heterocycles. The number of carbonyl (C=O) groups is 1. The van der Waals surface area contributed by atoms with Crippen LogP contribution in [0.15, 0.2) is 36.4 Å². The molecule has 0 fully saturated rings. The number of hydrogen-bond donors (Lipinski definition) is 3. The van der Waals surface area contributed by atoms with E-state index in [-0.39, 0.29) is 5.75 Å². The number of carbonyl (C=O) groups excluding carboxylic acids is 1. The number of aliphatic hydroxyl groups excluding tert-OH is 1. The van der Waals surface area contributed by atoms with Gasteiger partial charge in [-0.3, -0.25) is 10.0 Å². The summed E-state index contributed by atoms with van der Waals surface area (Å²) in [5, 5.41) is 18.9. The smallest absolute Gasteiger partial charge is 0.460 e. The molecule has 0 unspecified atom stereocenters. The predicted molar refractivity (Wildman–Crippen MR) is 157 cm³/mol. The van der Waals surface area contributed by atoms with E-state index < -0.39 is 111 Å². The van der Waals surface area contributed by atoms with Crippen molar-refractivity contribution in [2.75, 3.05) is 13.2 Å². The second-order valence-electron chi connectivity index (χ2n) is 12.8. The summed E-state index contributed by atoms with van der Waals surface area (Å²) in [5.41, 5.74) is -0.0305. The second-order valence-corrected chi connectivity index (χ2v) is 17.8. The molecule has 0 saturated carbocycles. The van der Waals surface area contributed by atoms with Crippen LogP contribution in [-0.2, 0) is 9.22 Å². The van der Waals surface area contributed by atoms with Crippen molar-refractivity contribution in [2.45, 2.75) is 112 Å². The van der Waals surface area contributed by atoms with Gasteiger partial charge in [0.05, 0.1) is 12.7 Å². The van der Waals surface area contributed by atoms with Crippen LogP contribution in [-0.4, -0.2) is 85.4 Å². The van der Waals surface area contributed by atoms with E-state index in [2.05, 4.69) is 0 Å². The van der Waals surface area contributed by atoms with Crippen molar-refractivity contribution in [1.82, 2.24) is 5.48 Å². The number of ether oxygens (including phenoxy) is 1. The van der Waals surface area contributed by atoms with E-state index in [0.29, 0.717) is 5.56 Å². The van der Waals surface area contributed by atoms with Crippen LogP contribution in [0.3, 0.4) is 0 Å². The van der Waals surface area contributed by atoms with E-state index in [1.54, 1.807) is 0 Å². The number of halogens is 17. The van der Waals surface area contributed by atoms with Gasteiger partial charge in [0.25, 0.3) is 5.91 Å². The minimum Gasteiger partial charge on any atom is -0.491 e. The average molecular weight is 842 g/mol. The number of amides is 1. The SMILES string of the molecule is CC(C)[Si](CCC(F)(F)C(F)(F)C(F)(F)C(F)(F)C(F)(F)C(F)(F)C(F)(F)C(F)(F)F)(OCCOc1ccc([C@H](O)[C@H](C)/C=C/C(=O)NO)cc1)C(C)C. The zero-order valence-corrected chi connectivity index (χ0v) is 29.6. The van der Waals surface area contributed by atoms with Crippen LogP contribution in [0.4, 0.5) is 74.6 Å². The molecule has 54 heavy (non-hydrogen) atoms. The van der Waals surface area contributed by atoms with Crippen LogP contribution >= 0.6 is 0 Å². The lowest BCUT2D eigenvalue weighted by molar-refractivity contribution is -0.461. The van der Waals surface area contributed by atoms with Gasteiger partial charge in [0.15, 0.2) is 8.32 Å². The maximum absolute atomic E-state index is 14.8. The van der Waals surface area contributed by atoms with Gasteiger partial charge in [-0.05, 0) is 34.8 Å². The fourth-order valence-corrected chi connectivity index (χ4v) is 9.66. The molecular formula is C30H36F17NO5Si. The van der Waals surface area contributed by atoms with Crippen LogP contribution in [0.25, 0.3) is 0 Å². The summed E-state index contributed by atoms with van der Waals surface area (Å²) >= 11 is 0. The highest BCUT2D eigenvalue weighted by molar-refractivity contribution is 6.76. The molecule has 314 valence electrons. The Balaban J connectivity index is 3.23. The largest absolute Gasteiger partial charge is 0.491 e. The third-order valence-corrected chi connectivity index (χ3v) is 14.4. The minimum atomic E-state index is -8.68. The summed E-state index contributed by atoms with van der Waals surface area (Å²) in [4.78, 5) is 11.1. The van der Waals surface area contributed by atoms with Crippen molar-refractivity contribution in [3.8, 4) is 5.75 Å². The Bertz CT molecular complexity index is 1410. The molecule has 0 aromatic heterocycles. The molecule has 0 aliphatic carbocycles. The monoisotopic (exact) mass is 841 g/mol. The normalized spacial score (nSPS) is 16.0. The first-order chi connectivity index (χ1) is 24.1. The van der Waals surface area contributed by atoms with E-state index in [1.165, 1.54) is 70.4 Å². The van der Waals surface area contributed by atoms with E-state index in [1.807, 2.05) is 0 Å². The Morgan fingerprint density at radius 3 is 1.54 bits per heavy atom. The highest BCUT2D eigenvalue weighted by Crippen LogP contribution is 2.64. The van der Waals surface area contributed by atoms with Crippen LogP contribution in [0.1, 0.15) is 52.7 Å². The van der Waals surface area contributed by atoms with Gasteiger partial charge < -0.3 is 14.3 Å². The molecule has 3 N–H and O–H groups in total. The zero-order chi connectivity index (χ0) is 42.7. The molecule has 0 aliphatic heterocycles. The zero-order valence-electron chi connectivity index (χ0n) is 28.6. The van der Waals surface area contributed by atoms with E-state index in [4.69, 9.17) is 14.4 Å². The molecule has 0 bridgehead atoms. The summed E-state index contributed by atoms with van der Waals surface area (Å²) in [5.74, 6) is -58.1. The van der Waals surface area contributed by atoms with Gasteiger partial charge in [-0.1, -0.05) is 52.8 Å². The quantitative estimate of drug-likeness (QED) is 0.0304. The number of alkyl halides is 17. The topological polar surface area (TPSA) is 88.0 Å². The van der Waals surface area contributed by atoms with E-state index >= 15 is 0 Å². The summed E-state index contributed by atoms with van der Waals surface area (Å²) in [6.45, 7) is 5.88. The second kappa shape index (κ2) is 16.7. The summed E-state index contributed by atoms with van der Waals surface area (Å²) < 4.78 is 245. The lowest BCUT2D eigenvalue weighted by atomic mass is 9.88. The lowest BCUT2D eigenvalue weighted by Gasteiger charge is -2.44. The van der Waals surface area contributed by atoms with Crippen molar-refractivity contribution in [1.29, 1.82) is 0 Å². The van der Waals surface area contributed by atoms with Crippen molar-refractivity contribution in [3.63, 3.8) is 0 Å². The maximum Gasteiger partial charge on any atom is 0.460 e. The van der Waals surface area contributed by atoms with Crippen molar-refractivity contribution in [2.24, 2.45) is 5.92 Å². The molecule has 24 heteroatoms. The summed E-state index contributed by atoms with van der Waals surface area (Å²) in [6.07, 6.45) is -9.26. The van der Waals surface area contributed by atoms with Gasteiger partial charge in [-0.25, -0.2) is 5.48 Å². The fraction of sp³-hybridized carbons (Fsp3) is 0.700. The number of nitrogens with one attached hydrogen (secondary N) is 1. The predicted octanol–water partition coefficient (Wildman–Crippen LogP) is 9.98. The molecule has 1 aromatic rings. The first-order valence-corrected chi connectivity index (χ1v) is 17.7. The maximum atomic E-state index is 14.8. The van der Waals surface area contributed by atoms with Crippen LogP contribution in [0.5, 0.6) is 5.75 Å². The average Bonchev–Trinajstić information content (AvgIpc) is 3.05. The number of rotatable bonds is 20. The van der Waals surface area contributed by atoms with Gasteiger partial charge in [0, 0.05) is 18.4 Å². The molecular weight excluding hydrogens is 805 g/mol. The molecule has 0 aliphatic rings.